The number of nitrogens with one attached hydrogen (secondary N) is 1. The van der Waals surface area contributed by atoms with Crippen LogP contribution in [0.4, 0.5) is 10.8 Å². The van der Waals surface area contributed by atoms with Crippen LogP contribution < -0.4 is 10.5 Å². The zero-order valence-corrected chi connectivity index (χ0v) is 11.3. The summed E-state index contributed by atoms with van der Waals surface area (Å²) in [6.07, 6.45) is 0. The molecule has 1 aromatic heterocycles. The number of hydrogen-bond acceptors (Lipinski definition) is 6. The van der Waals surface area contributed by atoms with E-state index in [1.165, 1.54) is 0 Å². The van der Waals surface area contributed by atoms with Gasteiger partial charge in [0.05, 0.1) is 5.75 Å². The van der Waals surface area contributed by atoms with Crippen LogP contribution in [0.1, 0.15) is 11.4 Å². The van der Waals surface area contributed by atoms with E-state index in [9.17, 15) is 8.42 Å². The first kappa shape index (κ1) is 12.8. The molecule has 0 atom stereocenters. The maximum Gasteiger partial charge on any atom is 0.238 e. The average Bonchev–Trinajstić information content (AvgIpc) is 2.66. The molecule has 0 radical (unpaired) electrons. The summed E-state index contributed by atoms with van der Waals surface area (Å²) in [5.74, 6) is 0.427. The quantitative estimate of drug-likeness (QED) is 0.826. The van der Waals surface area contributed by atoms with Gasteiger partial charge in [0, 0.05) is 17.2 Å². The van der Waals surface area contributed by atoms with Crippen molar-refractivity contribution in [2.45, 2.75) is 12.7 Å². The molecule has 18 heavy (non-hydrogen) atoms. The van der Waals surface area contributed by atoms with Crippen LogP contribution in [-0.2, 0) is 15.8 Å². The van der Waals surface area contributed by atoms with Gasteiger partial charge in [0.2, 0.25) is 15.2 Å². The number of nitrogens with two attached hydrogens (primary N) is 1. The molecule has 3 N–H and O–H groups in total. The summed E-state index contributed by atoms with van der Waals surface area (Å²) >= 11 is 1.02. The lowest BCUT2D eigenvalue weighted by Crippen LogP contribution is -2.14. The summed E-state index contributed by atoms with van der Waals surface area (Å²) in [7, 11) is -3.47. The number of nitrogen functional groups attached to an aromatic ring is 1. The fourth-order valence-corrected chi connectivity index (χ4v) is 3.32. The number of anilines is 2. The average molecular weight is 284 g/mol. The third-order valence-corrected chi connectivity index (χ3v) is 4.18. The molecule has 6 nitrogen and oxygen atoms in total. The molecule has 0 aliphatic rings. The highest BCUT2D eigenvalue weighted by atomic mass is 32.2. The van der Waals surface area contributed by atoms with Crippen molar-refractivity contribution in [2.75, 3.05) is 10.5 Å². The second-order valence-electron chi connectivity index (χ2n) is 3.75. The molecule has 2 rings (SSSR count). The summed E-state index contributed by atoms with van der Waals surface area (Å²) in [6, 6.07) is 6.69. The first-order valence-electron chi connectivity index (χ1n) is 5.10. The molecule has 96 valence electrons. The molecular weight excluding hydrogens is 272 g/mol. The molecule has 8 heteroatoms. The largest absolute Gasteiger partial charge is 0.399 e. The first-order chi connectivity index (χ1) is 8.44. The molecule has 0 aliphatic carbocycles. The van der Waals surface area contributed by atoms with E-state index in [0.717, 1.165) is 11.5 Å². The number of nitrogens with zero attached hydrogens (tertiary/aromatic N) is 2. The molecule has 0 unspecified atom stereocenters. The Kier molecular flexibility index (Phi) is 3.48. The van der Waals surface area contributed by atoms with E-state index in [4.69, 9.17) is 5.73 Å². The van der Waals surface area contributed by atoms with Crippen LogP contribution in [0.5, 0.6) is 0 Å². The Balaban J connectivity index is 2.10. The molecule has 0 bridgehead atoms. The van der Waals surface area contributed by atoms with E-state index in [0.29, 0.717) is 17.1 Å². The number of benzene rings is 1. The van der Waals surface area contributed by atoms with Crippen LogP contribution in [-0.4, -0.2) is 17.8 Å². The van der Waals surface area contributed by atoms with Crippen molar-refractivity contribution in [2.24, 2.45) is 0 Å². The Hall–Kier alpha value is -1.67. The van der Waals surface area contributed by atoms with Gasteiger partial charge in [-0.15, -0.1) is 0 Å². The van der Waals surface area contributed by atoms with Gasteiger partial charge in [-0.2, -0.15) is 4.37 Å². The van der Waals surface area contributed by atoms with Gasteiger partial charge in [-0.05, 0) is 24.6 Å². The highest BCUT2D eigenvalue weighted by Crippen LogP contribution is 2.15. The van der Waals surface area contributed by atoms with Crippen LogP contribution in [0.15, 0.2) is 24.3 Å². The second kappa shape index (κ2) is 4.91. The number of sulfonamides is 1. The van der Waals surface area contributed by atoms with E-state index >= 15 is 0 Å². The van der Waals surface area contributed by atoms with Gasteiger partial charge in [-0.25, -0.2) is 13.4 Å². The Morgan fingerprint density at radius 1 is 1.33 bits per heavy atom. The summed E-state index contributed by atoms with van der Waals surface area (Å²) in [5.41, 5.74) is 6.80. The first-order valence-corrected chi connectivity index (χ1v) is 7.52. The van der Waals surface area contributed by atoms with Crippen molar-refractivity contribution in [3.63, 3.8) is 0 Å². The summed E-state index contributed by atoms with van der Waals surface area (Å²) in [4.78, 5) is 3.95. The molecular formula is C10H12N4O2S2. The highest BCUT2D eigenvalue weighted by Gasteiger charge is 2.14. The van der Waals surface area contributed by atoms with E-state index in [1.54, 1.807) is 31.2 Å². The molecule has 2 aromatic rings. The zero-order chi connectivity index (χ0) is 13.2. The minimum Gasteiger partial charge on any atom is -0.399 e. The molecule has 0 aliphatic heterocycles. The van der Waals surface area contributed by atoms with Gasteiger partial charge in [0.25, 0.3) is 0 Å². The summed E-state index contributed by atoms with van der Waals surface area (Å²) in [6.45, 7) is 1.70. The third-order valence-electron chi connectivity index (χ3n) is 2.11. The van der Waals surface area contributed by atoms with Crippen molar-refractivity contribution in [1.82, 2.24) is 9.36 Å². The molecule has 0 amide bonds. The van der Waals surface area contributed by atoms with Gasteiger partial charge < -0.3 is 5.73 Å². The van der Waals surface area contributed by atoms with E-state index in [1.807, 2.05) is 0 Å². The third kappa shape index (κ3) is 3.41. The maximum absolute atomic E-state index is 11.9. The monoisotopic (exact) mass is 284 g/mol. The fourth-order valence-electron chi connectivity index (χ4n) is 1.34. The lowest BCUT2D eigenvalue weighted by molar-refractivity contribution is 0.600. The van der Waals surface area contributed by atoms with E-state index in [-0.39, 0.29) is 10.9 Å². The van der Waals surface area contributed by atoms with Gasteiger partial charge in [-0.1, -0.05) is 12.1 Å². The van der Waals surface area contributed by atoms with Crippen LogP contribution in [0.25, 0.3) is 0 Å². The summed E-state index contributed by atoms with van der Waals surface area (Å²) < 4.78 is 30.0. The van der Waals surface area contributed by atoms with Crippen LogP contribution >= 0.6 is 11.5 Å². The van der Waals surface area contributed by atoms with Gasteiger partial charge >= 0.3 is 0 Å². The zero-order valence-electron chi connectivity index (χ0n) is 9.62. The van der Waals surface area contributed by atoms with Crippen LogP contribution in [0.2, 0.25) is 0 Å². The predicted molar refractivity (Wildman–Crippen MR) is 71.7 cm³/mol. The Bertz CT molecular complexity index is 634. The smallest absolute Gasteiger partial charge is 0.238 e. The molecule has 0 spiro atoms. The fraction of sp³-hybridized carbons (Fsp3) is 0.200. The predicted octanol–water partition coefficient (Wildman–Crippen LogP) is 1.37. The number of aromatic nitrogens is 2. The van der Waals surface area contributed by atoms with Crippen molar-refractivity contribution in [3.05, 3.63) is 35.7 Å². The van der Waals surface area contributed by atoms with Crippen molar-refractivity contribution < 1.29 is 8.42 Å². The SMILES string of the molecule is Cc1nsc(NS(=O)(=O)Cc2ccc(N)cc2)n1. The Labute approximate surface area is 109 Å². The lowest BCUT2D eigenvalue weighted by atomic mass is 10.2. The highest BCUT2D eigenvalue weighted by molar-refractivity contribution is 7.92. The van der Waals surface area contributed by atoms with Gasteiger partial charge in [0.15, 0.2) is 0 Å². The molecule has 0 fully saturated rings. The molecule has 1 aromatic carbocycles. The second-order valence-corrected chi connectivity index (χ2v) is 6.22. The standard InChI is InChI=1S/C10H12N4O2S2/c1-7-12-10(17-13-7)14-18(15,16)6-8-2-4-9(11)5-3-8/h2-5H,6,11H2,1H3,(H,12,13,14). The van der Waals surface area contributed by atoms with Crippen molar-refractivity contribution >= 4 is 32.4 Å². The number of aryl methyl sites for hydroxylation is 1. The van der Waals surface area contributed by atoms with Crippen molar-refractivity contribution in [3.8, 4) is 0 Å². The Morgan fingerprint density at radius 2 is 2.00 bits per heavy atom. The van der Waals surface area contributed by atoms with E-state index in [2.05, 4.69) is 14.1 Å². The van der Waals surface area contributed by atoms with Gasteiger partial charge in [0.1, 0.15) is 5.82 Å². The number of hydrogen-bond donors (Lipinski definition) is 2. The number of rotatable bonds is 4. The minimum absolute atomic E-state index is 0.119. The van der Waals surface area contributed by atoms with E-state index < -0.39 is 10.0 Å². The van der Waals surface area contributed by atoms with Gasteiger partial charge in [-0.3, -0.25) is 4.72 Å². The minimum atomic E-state index is -3.47. The Morgan fingerprint density at radius 3 is 2.56 bits per heavy atom. The maximum atomic E-state index is 11.9. The lowest BCUT2D eigenvalue weighted by Gasteiger charge is -2.05. The van der Waals surface area contributed by atoms with Crippen molar-refractivity contribution in [1.29, 1.82) is 0 Å². The summed E-state index contributed by atoms with van der Waals surface area (Å²) in [5, 5.41) is 0.281. The molecule has 1 heterocycles. The molecule has 0 saturated heterocycles. The normalized spacial score (nSPS) is 11.4. The topological polar surface area (TPSA) is 98.0 Å². The molecule has 0 saturated carbocycles. The van der Waals surface area contributed by atoms with Crippen LogP contribution in [0, 0.1) is 6.92 Å². The van der Waals surface area contributed by atoms with Crippen LogP contribution in [0.3, 0.4) is 0 Å².